The number of halogens is 1. The van der Waals surface area contributed by atoms with Crippen molar-refractivity contribution in [3.05, 3.63) is 23.5 Å². The van der Waals surface area contributed by atoms with Crippen LogP contribution >= 0.6 is 11.6 Å². The Hall–Kier alpha value is -1.55. The molecule has 0 aliphatic heterocycles. The lowest BCUT2D eigenvalue weighted by Gasteiger charge is -2.12. The van der Waals surface area contributed by atoms with Gasteiger partial charge >= 0.3 is 0 Å². The number of hydrogen-bond donors (Lipinski definition) is 2. The van der Waals surface area contributed by atoms with Gasteiger partial charge in [0, 0.05) is 11.7 Å². The molecule has 1 aromatic carbocycles. The SMILES string of the molecule is CC(C)Nc1nc(Cl)nc2cccc(N)c12. The number of fused-ring (bicyclic) bond motifs is 1. The third-order valence-corrected chi connectivity index (χ3v) is 2.32. The first-order chi connectivity index (χ1) is 7.58. The molecule has 16 heavy (non-hydrogen) atoms. The Balaban J connectivity index is 2.70. The van der Waals surface area contributed by atoms with Gasteiger partial charge in [0.05, 0.1) is 10.9 Å². The molecule has 0 fully saturated rings. The molecule has 0 saturated heterocycles. The van der Waals surface area contributed by atoms with E-state index in [4.69, 9.17) is 17.3 Å². The van der Waals surface area contributed by atoms with E-state index in [2.05, 4.69) is 15.3 Å². The van der Waals surface area contributed by atoms with E-state index in [0.29, 0.717) is 11.5 Å². The Kier molecular flexibility index (Phi) is 2.83. The highest BCUT2D eigenvalue weighted by molar-refractivity contribution is 6.29. The van der Waals surface area contributed by atoms with Crippen LogP contribution in [0.4, 0.5) is 11.5 Å². The maximum Gasteiger partial charge on any atom is 0.224 e. The Morgan fingerprint density at radius 2 is 2.06 bits per heavy atom. The van der Waals surface area contributed by atoms with E-state index < -0.39 is 0 Å². The van der Waals surface area contributed by atoms with Crippen molar-refractivity contribution < 1.29 is 0 Å². The second-order valence-electron chi connectivity index (χ2n) is 3.88. The van der Waals surface area contributed by atoms with Gasteiger partial charge in [-0.2, -0.15) is 0 Å². The molecule has 4 nitrogen and oxygen atoms in total. The van der Waals surface area contributed by atoms with Gasteiger partial charge in [0.15, 0.2) is 0 Å². The number of anilines is 2. The number of nitrogens with zero attached hydrogens (tertiary/aromatic N) is 2. The summed E-state index contributed by atoms with van der Waals surface area (Å²) in [5.74, 6) is 0.683. The van der Waals surface area contributed by atoms with Gasteiger partial charge in [-0.15, -0.1) is 0 Å². The molecule has 0 radical (unpaired) electrons. The molecule has 2 aromatic rings. The maximum absolute atomic E-state index is 5.92. The normalized spacial score (nSPS) is 11.0. The van der Waals surface area contributed by atoms with E-state index >= 15 is 0 Å². The molecule has 1 aromatic heterocycles. The first-order valence-corrected chi connectivity index (χ1v) is 5.44. The third kappa shape index (κ3) is 2.02. The largest absolute Gasteiger partial charge is 0.398 e. The highest BCUT2D eigenvalue weighted by atomic mass is 35.5. The lowest BCUT2D eigenvalue weighted by atomic mass is 10.2. The van der Waals surface area contributed by atoms with Crippen LogP contribution < -0.4 is 11.1 Å². The van der Waals surface area contributed by atoms with Gasteiger partial charge < -0.3 is 11.1 Å². The molecule has 0 bridgehead atoms. The Morgan fingerprint density at radius 3 is 2.75 bits per heavy atom. The molecule has 0 spiro atoms. The van der Waals surface area contributed by atoms with Crippen molar-refractivity contribution in [2.24, 2.45) is 0 Å². The smallest absolute Gasteiger partial charge is 0.224 e. The summed E-state index contributed by atoms with van der Waals surface area (Å²) < 4.78 is 0. The summed E-state index contributed by atoms with van der Waals surface area (Å²) in [5, 5.41) is 4.26. The van der Waals surface area contributed by atoms with E-state index in [1.807, 2.05) is 32.0 Å². The van der Waals surface area contributed by atoms with Crippen molar-refractivity contribution in [1.82, 2.24) is 9.97 Å². The number of nitrogens with one attached hydrogen (secondary N) is 1. The summed E-state index contributed by atoms with van der Waals surface area (Å²) in [5.41, 5.74) is 7.32. The molecule has 5 heteroatoms. The van der Waals surface area contributed by atoms with Gasteiger partial charge in [0.1, 0.15) is 5.82 Å². The van der Waals surface area contributed by atoms with Gasteiger partial charge in [-0.25, -0.2) is 9.97 Å². The first-order valence-electron chi connectivity index (χ1n) is 5.06. The number of hydrogen-bond acceptors (Lipinski definition) is 4. The second-order valence-corrected chi connectivity index (χ2v) is 4.22. The molecular formula is C11H13ClN4. The molecule has 1 heterocycles. The van der Waals surface area contributed by atoms with E-state index in [0.717, 1.165) is 10.9 Å². The van der Waals surface area contributed by atoms with Crippen LogP contribution in [0.25, 0.3) is 10.9 Å². The molecule has 0 unspecified atom stereocenters. The quantitative estimate of drug-likeness (QED) is 0.622. The fourth-order valence-corrected chi connectivity index (χ4v) is 1.73. The number of benzene rings is 1. The molecule has 0 aliphatic rings. The van der Waals surface area contributed by atoms with Crippen molar-refractivity contribution in [1.29, 1.82) is 0 Å². The number of aromatic nitrogens is 2. The minimum Gasteiger partial charge on any atom is -0.398 e. The first kappa shape index (κ1) is 11.0. The topological polar surface area (TPSA) is 63.8 Å². The highest BCUT2D eigenvalue weighted by Gasteiger charge is 2.09. The molecule has 0 saturated carbocycles. The fraction of sp³-hybridized carbons (Fsp3) is 0.273. The summed E-state index contributed by atoms with van der Waals surface area (Å²) in [7, 11) is 0. The zero-order valence-electron chi connectivity index (χ0n) is 9.16. The summed E-state index contributed by atoms with van der Waals surface area (Å²) >= 11 is 5.86. The van der Waals surface area contributed by atoms with Crippen molar-refractivity contribution in [3.63, 3.8) is 0 Å². The standard InChI is InChI=1S/C11H13ClN4/c1-6(2)14-10-9-7(13)4-3-5-8(9)15-11(12)16-10/h3-6H,13H2,1-2H3,(H,14,15,16). The molecular weight excluding hydrogens is 224 g/mol. The van der Waals surface area contributed by atoms with E-state index in [9.17, 15) is 0 Å². The molecule has 2 rings (SSSR count). The average molecular weight is 237 g/mol. The van der Waals surface area contributed by atoms with E-state index in [1.54, 1.807) is 0 Å². The minimum absolute atomic E-state index is 0.223. The predicted molar refractivity (Wildman–Crippen MR) is 67.7 cm³/mol. The maximum atomic E-state index is 5.92. The summed E-state index contributed by atoms with van der Waals surface area (Å²) in [6.07, 6.45) is 0. The lowest BCUT2D eigenvalue weighted by Crippen LogP contribution is -2.12. The van der Waals surface area contributed by atoms with Crippen LogP contribution in [0.5, 0.6) is 0 Å². The van der Waals surface area contributed by atoms with Crippen molar-refractivity contribution in [2.75, 3.05) is 11.1 Å². The molecule has 0 atom stereocenters. The van der Waals surface area contributed by atoms with Crippen molar-refractivity contribution in [2.45, 2.75) is 19.9 Å². The lowest BCUT2D eigenvalue weighted by molar-refractivity contribution is 0.890. The molecule has 3 N–H and O–H groups in total. The van der Waals surface area contributed by atoms with Gasteiger partial charge in [-0.05, 0) is 37.6 Å². The van der Waals surface area contributed by atoms with Crippen LogP contribution in [-0.2, 0) is 0 Å². The van der Waals surface area contributed by atoms with Crippen LogP contribution in [0.1, 0.15) is 13.8 Å². The minimum atomic E-state index is 0.223. The zero-order chi connectivity index (χ0) is 11.7. The number of nitrogens with two attached hydrogens (primary N) is 1. The molecule has 0 amide bonds. The fourth-order valence-electron chi connectivity index (χ4n) is 1.56. The van der Waals surface area contributed by atoms with Crippen LogP contribution in [-0.4, -0.2) is 16.0 Å². The van der Waals surface area contributed by atoms with E-state index in [-0.39, 0.29) is 11.3 Å². The average Bonchev–Trinajstić information content (AvgIpc) is 2.15. The molecule has 84 valence electrons. The van der Waals surface area contributed by atoms with E-state index in [1.165, 1.54) is 0 Å². The van der Waals surface area contributed by atoms with Gasteiger partial charge in [-0.1, -0.05) is 6.07 Å². The highest BCUT2D eigenvalue weighted by Crippen LogP contribution is 2.27. The van der Waals surface area contributed by atoms with Crippen LogP contribution in [0.3, 0.4) is 0 Å². The number of rotatable bonds is 2. The summed E-state index contributed by atoms with van der Waals surface area (Å²) in [6.45, 7) is 4.06. The summed E-state index contributed by atoms with van der Waals surface area (Å²) in [4.78, 5) is 8.30. The zero-order valence-corrected chi connectivity index (χ0v) is 9.92. The molecule has 0 aliphatic carbocycles. The van der Waals surface area contributed by atoms with Crippen LogP contribution in [0.2, 0.25) is 5.28 Å². The van der Waals surface area contributed by atoms with Crippen LogP contribution in [0, 0.1) is 0 Å². The van der Waals surface area contributed by atoms with Gasteiger partial charge in [0.2, 0.25) is 5.28 Å². The monoisotopic (exact) mass is 236 g/mol. The number of nitrogen functional groups attached to an aromatic ring is 1. The van der Waals surface area contributed by atoms with Crippen molar-refractivity contribution in [3.8, 4) is 0 Å². The second kappa shape index (κ2) is 4.14. The predicted octanol–water partition coefficient (Wildman–Crippen LogP) is 2.69. The van der Waals surface area contributed by atoms with Gasteiger partial charge in [0.25, 0.3) is 0 Å². The summed E-state index contributed by atoms with van der Waals surface area (Å²) in [6, 6.07) is 5.80. The third-order valence-electron chi connectivity index (χ3n) is 2.15. The Labute approximate surface area is 98.8 Å². The Bertz CT molecular complexity index is 525. The Morgan fingerprint density at radius 1 is 1.31 bits per heavy atom. The van der Waals surface area contributed by atoms with Crippen molar-refractivity contribution >= 4 is 34.0 Å². The van der Waals surface area contributed by atoms with Crippen LogP contribution in [0.15, 0.2) is 18.2 Å². The van der Waals surface area contributed by atoms with Gasteiger partial charge in [-0.3, -0.25) is 0 Å².